The van der Waals surface area contributed by atoms with E-state index in [0.717, 1.165) is 6.04 Å². The van der Waals surface area contributed by atoms with Gasteiger partial charge >= 0.3 is 0 Å². The molecule has 15 heavy (non-hydrogen) atoms. The number of hydrogen-bond acceptors (Lipinski definition) is 3. The highest BCUT2D eigenvalue weighted by Crippen LogP contribution is 2.08. The van der Waals surface area contributed by atoms with Gasteiger partial charge in [0, 0.05) is 12.6 Å². The summed E-state index contributed by atoms with van der Waals surface area (Å²) < 4.78 is 0. The van der Waals surface area contributed by atoms with Gasteiger partial charge in [0.1, 0.15) is 0 Å². The Morgan fingerprint density at radius 2 is 2.27 bits per heavy atom. The molecule has 0 amide bonds. The fourth-order valence-electron chi connectivity index (χ4n) is 2.14. The van der Waals surface area contributed by atoms with Crippen LogP contribution in [0.2, 0.25) is 0 Å². The highest BCUT2D eigenvalue weighted by Gasteiger charge is 2.16. The van der Waals surface area contributed by atoms with Crippen LogP contribution in [0.1, 0.15) is 33.1 Å². The van der Waals surface area contributed by atoms with E-state index < -0.39 is 0 Å². The summed E-state index contributed by atoms with van der Waals surface area (Å²) in [6.07, 6.45) is 4.09. The monoisotopic (exact) mass is 230 g/mol. The first-order valence-corrected chi connectivity index (χ1v) is 7.55. The van der Waals surface area contributed by atoms with E-state index >= 15 is 0 Å². The Morgan fingerprint density at radius 3 is 2.87 bits per heavy atom. The van der Waals surface area contributed by atoms with E-state index in [9.17, 15) is 0 Å². The Morgan fingerprint density at radius 1 is 1.40 bits per heavy atom. The molecule has 1 heterocycles. The third kappa shape index (κ3) is 5.79. The van der Waals surface area contributed by atoms with Crippen molar-refractivity contribution in [3.05, 3.63) is 0 Å². The highest BCUT2D eigenvalue weighted by molar-refractivity contribution is 7.99. The molecular weight excluding hydrogens is 204 g/mol. The van der Waals surface area contributed by atoms with Crippen LogP contribution in [0.5, 0.6) is 0 Å². The number of hydrogen-bond donors (Lipinski definition) is 1. The first kappa shape index (κ1) is 13.3. The van der Waals surface area contributed by atoms with Gasteiger partial charge in [0.15, 0.2) is 0 Å². The van der Waals surface area contributed by atoms with Gasteiger partial charge in [-0.25, -0.2) is 0 Å². The van der Waals surface area contributed by atoms with Crippen molar-refractivity contribution in [1.82, 2.24) is 10.2 Å². The topological polar surface area (TPSA) is 15.3 Å². The molecule has 1 rings (SSSR count). The molecular formula is C12H26N2S. The van der Waals surface area contributed by atoms with E-state index in [2.05, 4.69) is 35.8 Å². The predicted octanol–water partition coefficient (Wildman–Crippen LogP) is 2.20. The summed E-state index contributed by atoms with van der Waals surface area (Å²) in [5.74, 6) is 2.58. The van der Waals surface area contributed by atoms with E-state index in [0.29, 0.717) is 0 Å². The third-order valence-corrected chi connectivity index (χ3v) is 4.04. The van der Waals surface area contributed by atoms with E-state index in [1.165, 1.54) is 56.9 Å². The molecule has 1 saturated heterocycles. The van der Waals surface area contributed by atoms with Gasteiger partial charge < -0.3 is 10.2 Å². The zero-order chi connectivity index (χ0) is 10.9. The van der Waals surface area contributed by atoms with Crippen molar-refractivity contribution in [2.75, 3.05) is 37.7 Å². The molecule has 0 aliphatic carbocycles. The standard InChI is InChI=1S/C12H26N2S/c1-3-14(9-6-10-15-4-2)11-12-7-5-8-13-12/h12-13H,3-11H2,1-2H3. The lowest BCUT2D eigenvalue weighted by atomic mass is 10.2. The molecule has 2 nitrogen and oxygen atoms in total. The van der Waals surface area contributed by atoms with Gasteiger partial charge in [-0.05, 0) is 50.4 Å². The fraction of sp³-hybridized carbons (Fsp3) is 1.00. The Bertz CT molecular complexity index is 147. The van der Waals surface area contributed by atoms with E-state index in [-0.39, 0.29) is 0 Å². The summed E-state index contributed by atoms with van der Waals surface area (Å²) in [4.78, 5) is 2.60. The van der Waals surface area contributed by atoms with Gasteiger partial charge in [-0.1, -0.05) is 13.8 Å². The fourth-order valence-corrected chi connectivity index (χ4v) is 2.76. The maximum Gasteiger partial charge on any atom is 0.0195 e. The van der Waals surface area contributed by atoms with Crippen molar-refractivity contribution in [3.8, 4) is 0 Å². The minimum atomic E-state index is 0.767. The molecule has 0 radical (unpaired) electrons. The van der Waals surface area contributed by atoms with E-state index in [4.69, 9.17) is 0 Å². The number of nitrogens with zero attached hydrogens (tertiary/aromatic N) is 1. The number of nitrogens with one attached hydrogen (secondary N) is 1. The first-order chi connectivity index (χ1) is 7.36. The molecule has 1 atom stereocenters. The lowest BCUT2D eigenvalue weighted by molar-refractivity contribution is 0.262. The van der Waals surface area contributed by atoms with Gasteiger partial charge in [-0.15, -0.1) is 0 Å². The van der Waals surface area contributed by atoms with Crippen LogP contribution in [0.15, 0.2) is 0 Å². The SMILES string of the molecule is CCSCCCN(CC)CC1CCCN1. The molecule has 3 heteroatoms. The maximum atomic E-state index is 3.58. The van der Waals surface area contributed by atoms with Crippen LogP contribution in [0.3, 0.4) is 0 Å². The summed E-state index contributed by atoms with van der Waals surface area (Å²) in [6.45, 7) is 9.49. The van der Waals surface area contributed by atoms with Crippen LogP contribution in [-0.4, -0.2) is 48.6 Å². The van der Waals surface area contributed by atoms with Crippen LogP contribution in [0.25, 0.3) is 0 Å². The highest BCUT2D eigenvalue weighted by atomic mass is 32.2. The zero-order valence-electron chi connectivity index (χ0n) is 10.3. The lowest BCUT2D eigenvalue weighted by Crippen LogP contribution is -2.38. The van der Waals surface area contributed by atoms with Crippen molar-refractivity contribution in [2.45, 2.75) is 39.2 Å². The van der Waals surface area contributed by atoms with Gasteiger partial charge in [0.05, 0.1) is 0 Å². The molecule has 0 spiro atoms. The van der Waals surface area contributed by atoms with Crippen molar-refractivity contribution >= 4 is 11.8 Å². The summed E-state index contributed by atoms with van der Waals surface area (Å²) in [5.41, 5.74) is 0. The second-order valence-corrected chi connectivity index (χ2v) is 5.63. The Hall–Kier alpha value is 0.270. The molecule has 1 fully saturated rings. The maximum absolute atomic E-state index is 3.58. The molecule has 90 valence electrons. The average molecular weight is 230 g/mol. The Kier molecular flexibility index (Phi) is 7.49. The van der Waals surface area contributed by atoms with Crippen molar-refractivity contribution < 1.29 is 0 Å². The van der Waals surface area contributed by atoms with Gasteiger partial charge in [-0.2, -0.15) is 11.8 Å². The summed E-state index contributed by atoms with van der Waals surface area (Å²) >= 11 is 2.06. The molecule has 0 bridgehead atoms. The minimum Gasteiger partial charge on any atom is -0.313 e. The van der Waals surface area contributed by atoms with E-state index in [1.54, 1.807) is 0 Å². The predicted molar refractivity (Wildman–Crippen MR) is 70.8 cm³/mol. The van der Waals surface area contributed by atoms with Crippen molar-refractivity contribution in [3.63, 3.8) is 0 Å². The van der Waals surface area contributed by atoms with Crippen LogP contribution >= 0.6 is 11.8 Å². The normalized spacial score (nSPS) is 21.4. The zero-order valence-corrected chi connectivity index (χ0v) is 11.1. The first-order valence-electron chi connectivity index (χ1n) is 6.40. The lowest BCUT2D eigenvalue weighted by Gasteiger charge is -2.24. The second-order valence-electron chi connectivity index (χ2n) is 4.24. The van der Waals surface area contributed by atoms with Crippen molar-refractivity contribution in [2.24, 2.45) is 0 Å². The largest absolute Gasteiger partial charge is 0.313 e. The smallest absolute Gasteiger partial charge is 0.0195 e. The Balaban J connectivity index is 2.06. The van der Waals surface area contributed by atoms with Gasteiger partial charge in [0.2, 0.25) is 0 Å². The second kappa shape index (κ2) is 8.43. The molecule has 0 saturated carbocycles. The Labute approximate surface area is 99.2 Å². The molecule has 1 N–H and O–H groups in total. The van der Waals surface area contributed by atoms with Crippen LogP contribution in [0, 0.1) is 0 Å². The summed E-state index contributed by atoms with van der Waals surface area (Å²) in [6, 6.07) is 0.767. The molecule has 1 aliphatic rings. The molecule has 1 unspecified atom stereocenters. The number of rotatable bonds is 8. The van der Waals surface area contributed by atoms with Crippen LogP contribution in [-0.2, 0) is 0 Å². The molecule has 0 aromatic carbocycles. The van der Waals surface area contributed by atoms with Gasteiger partial charge in [0.25, 0.3) is 0 Å². The van der Waals surface area contributed by atoms with Crippen LogP contribution in [0.4, 0.5) is 0 Å². The molecule has 0 aromatic heterocycles. The van der Waals surface area contributed by atoms with Gasteiger partial charge in [-0.3, -0.25) is 0 Å². The molecule has 1 aliphatic heterocycles. The summed E-state index contributed by atoms with van der Waals surface area (Å²) in [7, 11) is 0. The number of likely N-dealkylation sites (N-methyl/N-ethyl adjacent to an activating group) is 1. The minimum absolute atomic E-state index is 0.767. The average Bonchev–Trinajstić information content (AvgIpc) is 2.75. The summed E-state index contributed by atoms with van der Waals surface area (Å²) in [5, 5.41) is 3.58. The quantitative estimate of drug-likeness (QED) is 0.644. The van der Waals surface area contributed by atoms with Crippen molar-refractivity contribution in [1.29, 1.82) is 0 Å². The molecule has 0 aromatic rings. The third-order valence-electron chi connectivity index (χ3n) is 3.06. The number of thioether (sulfide) groups is 1. The van der Waals surface area contributed by atoms with Crippen LogP contribution < -0.4 is 5.32 Å². The van der Waals surface area contributed by atoms with E-state index in [1.807, 2.05) is 0 Å².